The SMILES string of the molecule is CC1(C)[C@@]23CCCC(CO)C(=N)[C@@]12CC[C@@]3(C)O. The molecule has 18 heavy (non-hydrogen) atoms. The predicted molar refractivity (Wildman–Crippen MR) is 70.7 cm³/mol. The molecule has 0 saturated heterocycles. The van der Waals surface area contributed by atoms with Gasteiger partial charge in [-0.15, -0.1) is 0 Å². The summed E-state index contributed by atoms with van der Waals surface area (Å²) in [5.41, 5.74) is -0.174. The summed E-state index contributed by atoms with van der Waals surface area (Å²) in [7, 11) is 0. The third-order valence-corrected chi connectivity index (χ3v) is 6.90. The summed E-state index contributed by atoms with van der Waals surface area (Å²) < 4.78 is 0. The highest BCUT2D eigenvalue weighted by Gasteiger charge is 2.90. The van der Waals surface area contributed by atoms with E-state index in [1.807, 2.05) is 6.92 Å². The fourth-order valence-corrected chi connectivity index (χ4v) is 6.15. The van der Waals surface area contributed by atoms with E-state index >= 15 is 0 Å². The molecule has 0 aromatic carbocycles. The maximum absolute atomic E-state index is 10.9. The van der Waals surface area contributed by atoms with E-state index < -0.39 is 5.60 Å². The number of hydrogen-bond donors (Lipinski definition) is 3. The molecule has 3 fully saturated rings. The molecule has 3 saturated carbocycles. The molecule has 3 aliphatic carbocycles. The summed E-state index contributed by atoms with van der Waals surface area (Å²) in [4.78, 5) is 0. The van der Waals surface area contributed by atoms with E-state index in [0.717, 1.165) is 37.8 Å². The summed E-state index contributed by atoms with van der Waals surface area (Å²) in [5.74, 6) is 0.0162. The molecule has 0 aliphatic heterocycles. The van der Waals surface area contributed by atoms with E-state index in [9.17, 15) is 10.2 Å². The topological polar surface area (TPSA) is 64.3 Å². The van der Waals surface area contributed by atoms with Crippen molar-refractivity contribution in [1.82, 2.24) is 0 Å². The molecule has 3 heteroatoms. The van der Waals surface area contributed by atoms with Crippen molar-refractivity contribution in [3.05, 3.63) is 0 Å². The minimum Gasteiger partial charge on any atom is -0.396 e. The largest absolute Gasteiger partial charge is 0.396 e. The fourth-order valence-electron chi connectivity index (χ4n) is 6.15. The first-order valence-corrected chi connectivity index (χ1v) is 7.21. The average molecular weight is 251 g/mol. The zero-order chi connectivity index (χ0) is 13.4. The van der Waals surface area contributed by atoms with Gasteiger partial charge in [-0.3, -0.25) is 0 Å². The molecular weight excluding hydrogens is 226 g/mol. The molecular formula is C15H25NO2. The van der Waals surface area contributed by atoms with Crippen molar-refractivity contribution in [1.29, 1.82) is 5.41 Å². The Morgan fingerprint density at radius 1 is 1.22 bits per heavy atom. The normalized spacial score (nSPS) is 53.6. The molecule has 0 bridgehead atoms. The van der Waals surface area contributed by atoms with Crippen LogP contribution in [0.2, 0.25) is 0 Å². The summed E-state index contributed by atoms with van der Waals surface area (Å²) >= 11 is 0. The standard InChI is InChI=1S/C15H25NO2/c1-12(2)14-8-7-13(3,18)15(12,14)6-4-5-10(9-17)11(14)16/h10,16-18H,4-9H2,1-3H3/t10?,13-,14+,15-/m1/s1. The van der Waals surface area contributed by atoms with Crippen molar-refractivity contribution in [3.63, 3.8) is 0 Å². The molecule has 0 spiro atoms. The first kappa shape index (κ1) is 12.6. The molecule has 0 aromatic rings. The van der Waals surface area contributed by atoms with Crippen LogP contribution in [-0.2, 0) is 0 Å². The lowest BCUT2D eigenvalue weighted by molar-refractivity contribution is -0.0311. The van der Waals surface area contributed by atoms with Crippen molar-refractivity contribution in [2.45, 2.75) is 58.5 Å². The van der Waals surface area contributed by atoms with Crippen LogP contribution in [0.5, 0.6) is 0 Å². The van der Waals surface area contributed by atoms with E-state index in [2.05, 4.69) is 13.8 Å². The lowest BCUT2D eigenvalue weighted by Crippen LogP contribution is -2.37. The fraction of sp³-hybridized carbons (Fsp3) is 0.933. The van der Waals surface area contributed by atoms with E-state index in [1.54, 1.807) is 0 Å². The Bertz CT molecular complexity index is 415. The lowest BCUT2D eigenvalue weighted by atomic mass is 9.75. The molecule has 0 amide bonds. The highest BCUT2D eigenvalue weighted by atomic mass is 16.3. The highest BCUT2D eigenvalue weighted by Crippen LogP contribution is 2.90. The Morgan fingerprint density at radius 3 is 2.50 bits per heavy atom. The van der Waals surface area contributed by atoms with Crippen LogP contribution in [0.4, 0.5) is 0 Å². The van der Waals surface area contributed by atoms with Gasteiger partial charge in [0.05, 0.1) is 12.2 Å². The van der Waals surface area contributed by atoms with Gasteiger partial charge in [-0.2, -0.15) is 0 Å². The minimum atomic E-state index is -0.646. The van der Waals surface area contributed by atoms with E-state index in [1.165, 1.54) is 0 Å². The molecule has 0 radical (unpaired) electrons. The van der Waals surface area contributed by atoms with Crippen molar-refractivity contribution < 1.29 is 10.2 Å². The van der Waals surface area contributed by atoms with Crippen LogP contribution in [0, 0.1) is 27.6 Å². The van der Waals surface area contributed by atoms with Gasteiger partial charge >= 0.3 is 0 Å². The zero-order valence-corrected chi connectivity index (χ0v) is 11.7. The van der Waals surface area contributed by atoms with Gasteiger partial charge in [0.15, 0.2) is 0 Å². The third-order valence-electron chi connectivity index (χ3n) is 6.90. The average Bonchev–Trinajstić information content (AvgIpc) is 2.66. The van der Waals surface area contributed by atoms with Crippen molar-refractivity contribution in [2.24, 2.45) is 22.2 Å². The number of hydrogen-bond acceptors (Lipinski definition) is 3. The van der Waals surface area contributed by atoms with E-state index in [-0.39, 0.29) is 28.8 Å². The van der Waals surface area contributed by atoms with Gasteiger partial charge in [0.2, 0.25) is 0 Å². The molecule has 102 valence electrons. The Balaban J connectivity index is 2.13. The molecule has 3 rings (SSSR count). The number of rotatable bonds is 1. The van der Waals surface area contributed by atoms with Crippen molar-refractivity contribution in [2.75, 3.05) is 6.61 Å². The van der Waals surface area contributed by atoms with E-state index in [0.29, 0.717) is 0 Å². The van der Waals surface area contributed by atoms with Crippen LogP contribution in [-0.4, -0.2) is 28.1 Å². The molecule has 1 unspecified atom stereocenters. The monoisotopic (exact) mass is 251 g/mol. The van der Waals surface area contributed by atoms with Gasteiger partial charge in [0.25, 0.3) is 0 Å². The molecule has 4 atom stereocenters. The Morgan fingerprint density at radius 2 is 1.89 bits per heavy atom. The second-order valence-corrected chi connectivity index (χ2v) is 7.39. The number of nitrogens with one attached hydrogen (secondary N) is 1. The predicted octanol–water partition coefficient (Wildman–Crippen LogP) is 2.36. The summed E-state index contributed by atoms with van der Waals surface area (Å²) in [6, 6.07) is 0. The Kier molecular flexibility index (Phi) is 2.23. The Hall–Kier alpha value is -0.410. The number of aliphatic hydroxyl groups excluding tert-OH is 1. The third kappa shape index (κ3) is 0.935. The molecule has 0 aromatic heterocycles. The van der Waals surface area contributed by atoms with Gasteiger partial charge in [0.1, 0.15) is 0 Å². The number of aliphatic hydroxyl groups is 2. The quantitative estimate of drug-likeness (QED) is 0.670. The lowest BCUT2D eigenvalue weighted by Gasteiger charge is -2.34. The zero-order valence-electron chi connectivity index (χ0n) is 11.7. The first-order valence-electron chi connectivity index (χ1n) is 7.21. The Labute approximate surface area is 109 Å². The van der Waals surface area contributed by atoms with Gasteiger partial charge < -0.3 is 15.6 Å². The maximum Gasteiger partial charge on any atom is 0.0690 e. The smallest absolute Gasteiger partial charge is 0.0690 e. The van der Waals surface area contributed by atoms with Crippen molar-refractivity contribution in [3.8, 4) is 0 Å². The molecule has 3 N–H and O–H groups in total. The van der Waals surface area contributed by atoms with Crippen LogP contribution < -0.4 is 0 Å². The van der Waals surface area contributed by atoms with Gasteiger partial charge in [-0.05, 0) is 38.0 Å². The minimum absolute atomic E-state index is 0.00662. The van der Waals surface area contributed by atoms with E-state index in [4.69, 9.17) is 5.41 Å². The summed E-state index contributed by atoms with van der Waals surface area (Å²) in [6.07, 6.45) is 4.66. The first-order chi connectivity index (χ1) is 8.28. The molecule has 3 nitrogen and oxygen atoms in total. The summed E-state index contributed by atoms with van der Waals surface area (Å²) in [6.45, 7) is 6.49. The van der Waals surface area contributed by atoms with Crippen LogP contribution >= 0.6 is 0 Å². The van der Waals surface area contributed by atoms with Crippen LogP contribution in [0.15, 0.2) is 0 Å². The van der Waals surface area contributed by atoms with Gasteiger partial charge in [-0.25, -0.2) is 0 Å². The second kappa shape index (κ2) is 3.18. The second-order valence-electron chi connectivity index (χ2n) is 7.39. The molecule has 0 heterocycles. The molecule has 3 aliphatic rings. The summed E-state index contributed by atoms with van der Waals surface area (Å²) in [5, 5.41) is 29.0. The van der Waals surface area contributed by atoms with Crippen LogP contribution in [0.1, 0.15) is 52.9 Å². The van der Waals surface area contributed by atoms with Crippen LogP contribution in [0.3, 0.4) is 0 Å². The van der Waals surface area contributed by atoms with Crippen LogP contribution in [0.25, 0.3) is 0 Å². The van der Waals surface area contributed by atoms with Gasteiger partial charge in [-0.1, -0.05) is 20.3 Å². The highest BCUT2D eigenvalue weighted by molar-refractivity contribution is 5.96. The maximum atomic E-state index is 10.9. The van der Waals surface area contributed by atoms with Gasteiger partial charge in [0, 0.05) is 22.5 Å². The van der Waals surface area contributed by atoms with Crippen molar-refractivity contribution >= 4 is 5.71 Å².